The van der Waals surface area contributed by atoms with Crippen LogP contribution in [0.5, 0.6) is 0 Å². The van der Waals surface area contributed by atoms with Crippen molar-refractivity contribution in [1.82, 2.24) is 15.5 Å². The van der Waals surface area contributed by atoms with E-state index in [0.717, 1.165) is 25.9 Å². The lowest BCUT2D eigenvalue weighted by Gasteiger charge is -2.19. The van der Waals surface area contributed by atoms with Gasteiger partial charge >= 0.3 is 11.8 Å². The zero-order valence-corrected chi connectivity index (χ0v) is 11.4. The molecule has 2 rings (SSSR count). The fourth-order valence-electron chi connectivity index (χ4n) is 2.28. The second kappa shape index (κ2) is 6.99. The first-order valence-corrected chi connectivity index (χ1v) is 7.71. The van der Waals surface area contributed by atoms with E-state index in [1.807, 2.05) is 11.8 Å². The van der Waals surface area contributed by atoms with Crippen LogP contribution in [0.15, 0.2) is 0 Å². The lowest BCUT2D eigenvalue weighted by atomic mass is 10.2. The van der Waals surface area contributed by atoms with Crippen molar-refractivity contribution in [3.05, 3.63) is 0 Å². The molecule has 2 heterocycles. The van der Waals surface area contributed by atoms with Gasteiger partial charge in [-0.05, 0) is 31.6 Å². The number of hydrogen-bond acceptors (Lipinski definition) is 4. The third-order valence-electron chi connectivity index (χ3n) is 3.34. The van der Waals surface area contributed by atoms with Gasteiger partial charge in [0, 0.05) is 31.4 Å². The normalized spacial score (nSPS) is 24.7. The molecule has 0 saturated carbocycles. The molecule has 6 heteroatoms. The van der Waals surface area contributed by atoms with E-state index in [-0.39, 0.29) is 5.91 Å². The summed E-state index contributed by atoms with van der Waals surface area (Å²) in [5.41, 5.74) is 0. The van der Waals surface area contributed by atoms with Crippen molar-refractivity contribution >= 4 is 23.6 Å². The van der Waals surface area contributed by atoms with Crippen LogP contribution in [-0.4, -0.2) is 60.4 Å². The summed E-state index contributed by atoms with van der Waals surface area (Å²) in [5, 5.41) is 6.48. The van der Waals surface area contributed by atoms with Gasteiger partial charge in [-0.1, -0.05) is 0 Å². The number of carbonyl (C=O) groups excluding carboxylic acids is 2. The SMILES string of the molecule is O=C(NCC1CCCS1)C(=O)N1CCCNCC1. The zero-order valence-electron chi connectivity index (χ0n) is 10.6. The van der Waals surface area contributed by atoms with E-state index < -0.39 is 5.91 Å². The average Bonchev–Trinajstić information content (AvgIpc) is 2.75. The van der Waals surface area contributed by atoms with E-state index in [0.29, 0.717) is 24.9 Å². The Bertz CT molecular complexity index is 298. The molecule has 2 amide bonds. The topological polar surface area (TPSA) is 61.4 Å². The molecule has 2 saturated heterocycles. The van der Waals surface area contributed by atoms with Crippen LogP contribution in [0.25, 0.3) is 0 Å². The van der Waals surface area contributed by atoms with Crippen molar-refractivity contribution in [2.45, 2.75) is 24.5 Å². The highest BCUT2D eigenvalue weighted by Gasteiger charge is 2.23. The van der Waals surface area contributed by atoms with E-state index >= 15 is 0 Å². The predicted octanol–water partition coefficient (Wildman–Crippen LogP) is -0.180. The highest BCUT2D eigenvalue weighted by atomic mass is 32.2. The monoisotopic (exact) mass is 271 g/mol. The van der Waals surface area contributed by atoms with Gasteiger partial charge in [-0.3, -0.25) is 9.59 Å². The number of nitrogens with zero attached hydrogens (tertiary/aromatic N) is 1. The number of nitrogens with one attached hydrogen (secondary N) is 2. The maximum atomic E-state index is 11.9. The van der Waals surface area contributed by atoms with Crippen molar-refractivity contribution in [3.8, 4) is 0 Å². The summed E-state index contributed by atoms with van der Waals surface area (Å²) in [6, 6.07) is 0. The van der Waals surface area contributed by atoms with Crippen molar-refractivity contribution in [2.24, 2.45) is 0 Å². The molecule has 0 aliphatic carbocycles. The maximum absolute atomic E-state index is 11.9. The Morgan fingerprint density at radius 2 is 2.17 bits per heavy atom. The van der Waals surface area contributed by atoms with Gasteiger partial charge in [0.1, 0.15) is 0 Å². The van der Waals surface area contributed by atoms with E-state index in [1.165, 1.54) is 12.2 Å². The molecule has 0 spiro atoms. The van der Waals surface area contributed by atoms with Gasteiger partial charge in [0.25, 0.3) is 0 Å². The Balaban J connectivity index is 1.74. The highest BCUT2D eigenvalue weighted by molar-refractivity contribution is 8.00. The Kier molecular flexibility index (Phi) is 5.31. The Morgan fingerprint density at radius 1 is 1.28 bits per heavy atom. The number of hydrogen-bond donors (Lipinski definition) is 2. The Labute approximate surface area is 112 Å². The Hall–Kier alpha value is -0.750. The van der Waals surface area contributed by atoms with Crippen molar-refractivity contribution < 1.29 is 9.59 Å². The van der Waals surface area contributed by atoms with Gasteiger partial charge < -0.3 is 15.5 Å². The fraction of sp³-hybridized carbons (Fsp3) is 0.833. The summed E-state index contributed by atoms with van der Waals surface area (Å²) >= 11 is 1.89. The van der Waals surface area contributed by atoms with Gasteiger partial charge in [0.15, 0.2) is 0 Å². The predicted molar refractivity (Wildman–Crippen MR) is 72.6 cm³/mol. The molecule has 0 bridgehead atoms. The standard InChI is InChI=1S/C12H21N3O2S/c16-11(14-9-10-3-1-8-18-10)12(17)15-6-2-4-13-5-7-15/h10,13H,1-9H2,(H,14,16). The van der Waals surface area contributed by atoms with Crippen LogP contribution < -0.4 is 10.6 Å². The van der Waals surface area contributed by atoms with Crippen LogP contribution in [0.3, 0.4) is 0 Å². The molecule has 1 atom stereocenters. The number of carbonyl (C=O) groups is 2. The molecule has 0 radical (unpaired) electrons. The number of amides is 2. The Morgan fingerprint density at radius 3 is 2.94 bits per heavy atom. The molecular formula is C12H21N3O2S. The van der Waals surface area contributed by atoms with E-state index in [4.69, 9.17) is 0 Å². The van der Waals surface area contributed by atoms with Gasteiger partial charge in [-0.25, -0.2) is 0 Å². The third-order valence-corrected chi connectivity index (χ3v) is 4.73. The summed E-state index contributed by atoms with van der Waals surface area (Å²) in [6.07, 6.45) is 3.28. The highest BCUT2D eigenvalue weighted by Crippen LogP contribution is 2.25. The zero-order chi connectivity index (χ0) is 12.8. The molecule has 0 aromatic rings. The first-order chi connectivity index (χ1) is 8.77. The average molecular weight is 271 g/mol. The van der Waals surface area contributed by atoms with Crippen LogP contribution in [0, 0.1) is 0 Å². The minimum atomic E-state index is -0.440. The van der Waals surface area contributed by atoms with E-state index in [1.54, 1.807) is 4.90 Å². The molecule has 1 unspecified atom stereocenters. The smallest absolute Gasteiger partial charge is 0.311 e. The summed E-state index contributed by atoms with van der Waals surface area (Å²) in [7, 11) is 0. The van der Waals surface area contributed by atoms with Gasteiger partial charge in [-0.15, -0.1) is 0 Å². The fourth-order valence-corrected chi connectivity index (χ4v) is 3.48. The lowest BCUT2D eigenvalue weighted by molar-refractivity contribution is -0.145. The molecular weight excluding hydrogens is 250 g/mol. The van der Waals surface area contributed by atoms with Crippen molar-refractivity contribution in [2.75, 3.05) is 38.5 Å². The van der Waals surface area contributed by atoms with E-state index in [9.17, 15) is 9.59 Å². The summed E-state index contributed by atoms with van der Waals surface area (Å²) in [5.74, 6) is 0.359. The van der Waals surface area contributed by atoms with Crippen molar-refractivity contribution in [1.29, 1.82) is 0 Å². The van der Waals surface area contributed by atoms with Gasteiger partial charge in [0.2, 0.25) is 0 Å². The summed E-state index contributed by atoms with van der Waals surface area (Å²) < 4.78 is 0. The lowest BCUT2D eigenvalue weighted by Crippen LogP contribution is -2.45. The summed E-state index contributed by atoms with van der Waals surface area (Å²) in [6.45, 7) is 3.63. The molecule has 0 aromatic heterocycles. The van der Waals surface area contributed by atoms with Crippen molar-refractivity contribution in [3.63, 3.8) is 0 Å². The van der Waals surface area contributed by atoms with Crippen LogP contribution >= 0.6 is 11.8 Å². The molecule has 2 aliphatic heterocycles. The van der Waals surface area contributed by atoms with Crippen LogP contribution in [0.4, 0.5) is 0 Å². The quantitative estimate of drug-likeness (QED) is 0.684. The molecule has 2 fully saturated rings. The molecule has 0 aromatic carbocycles. The second-order valence-corrected chi connectivity index (χ2v) is 6.15. The van der Waals surface area contributed by atoms with Crippen LogP contribution in [-0.2, 0) is 9.59 Å². The largest absolute Gasteiger partial charge is 0.347 e. The van der Waals surface area contributed by atoms with Crippen LogP contribution in [0.2, 0.25) is 0 Å². The molecule has 18 heavy (non-hydrogen) atoms. The van der Waals surface area contributed by atoms with Gasteiger partial charge in [-0.2, -0.15) is 11.8 Å². The molecule has 102 valence electrons. The minimum absolute atomic E-state index is 0.373. The maximum Gasteiger partial charge on any atom is 0.311 e. The molecule has 2 N–H and O–H groups in total. The second-order valence-electron chi connectivity index (χ2n) is 4.74. The first-order valence-electron chi connectivity index (χ1n) is 6.67. The molecule has 2 aliphatic rings. The first kappa shape index (κ1) is 13.7. The third kappa shape index (κ3) is 3.88. The number of thioether (sulfide) groups is 1. The van der Waals surface area contributed by atoms with Gasteiger partial charge in [0.05, 0.1) is 0 Å². The minimum Gasteiger partial charge on any atom is -0.347 e. The van der Waals surface area contributed by atoms with Crippen LogP contribution in [0.1, 0.15) is 19.3 Å². The number of rotatable bonds is 2. The molecule has 5 nitrogen and oxygen atoms in total. The van der Waals surface area contributed by atoms with E-state index in [2.05, 4.69) is 10.6 Å². The summed E-state index contributed by atoms with van der Waals surface area (Å²) in [4.78, 5) is 25.4.